The molecule has 15 heavy (non-hydrogen) atoms. The van der Waals surface area contributed by atoms with Crippen molar-refractivity contribution in [2.75, 3.05) is 26.2 Å². The fourth-order valence-electron chi connectivity index (χ4n) is 1.75. The molecular weight excluding hydrogens is 192 g/mol. The van der Waals surface area contributed by atoms with Crippen LogP contribution in [-0.4, -0.2) is 37.0 Å². The summed E-state index contributed by atoms with van der Waals surface area (Å²) in [7, 11) is 0. The first-order valence-corrected chi connectivity index (χ1v) is 5.32. The maximum atomic E-state index is 12.0. The molecule has 1 aliphatic heterocycles. The lowest BCUT2D eigenvalue weighted by Gasteiger charge is -2.18. The summed E-state index contributed by atoms with van der Waals surface area (Å²) in [6.45, 7) is 5.35. The highest BCUT2D eigenvalue weighted by Crippen LogP contribution is 2.10. The number of amides is 1. The average molecular weight is 208 g/mol. The molecule has 0 aromatic carbocycles. The second-order valence-electron chi connectivity index (χ2n) is 3.88. The van der Waals surface area contributed by atoms with Gasteiger partial charge in [-0.25, -0.2) is 0 Å². The van der Waals surface area contributed by atoms with E-state index in [4.69, 9.17) is 4.42 Å². The van der Waals surface area contributed by atoms with Crippen molar-refractivity contribution in [2.45, 2.75) is 13.3 Å². The Hall–Kier alpha value is -1.29. The van der Waals surface area contributed by atoms with Crippen molar-refractivity contribution in [3.05, 3.63) is 23.7 Å². The van der Waals surface area contributed by atoms with Crippen LogP contribution in [0.1, 0.15) is 22.5 Å². The Morgan fingerprint density at radius 3 is 3.07 bits per heavy atom. The monoisotopic (exact) mass is 208 g/mol. The topological polar surface area (TPSA) is 45.5 Å². The molecule has 0 saturated carbocycles. The number of nitrogens with zero attached hydrogens (tertiary/aromatic N) is 1. The lowest BCUT2D eigenvalue weighted by Crippen LogP contribution is -2.33. The molecule has 4 heteroatoms. The summed E-state index contributed by atoms with van der Waals surface area (Å²) in [5, 5.41) is 3.26. The van der Waals surface area contributed by atoms with E-state index in [0.717, 1.165) is 38.2 Å². The van der Waals surface area contributed by atoms with Crippen LogP contribution >= 0.6 is 0 Å². The molecule has 1 N–H and O–H groups in total. The van der Waals surface area contributed by atoms with Crippen molar-refractivity contribution in [1.82, 2.24) is 10.2 Å². The van der Waals surface area contributed by atoms with Crippen LogP contribution < -0.4 is 5.32 Å². The van der Waals surface area contributed by atoms with Crippen molar-refractivity contribution in [3.8, 4) is 0 Å². The van der Waals surface area contributed by atoms with E-state index in [2.05, 4.69) is 5.32 Å². The molecule has 0 bridgehead atoms. The summed E-state index contributed by atoms with van der Waals surface area (Å²) in [6, 6.07) is 1.79. The normalized spacial score (nSPS) is 17.5. The number of carbonyl (C=O) groups excluding carboxylic acids is 1. The Kier molecular flexibility index (Phi) is 3.06. The zero-order valence-electron chi connectivity index (χ0n) is 8.95. The average Bonchev–Trinajstić information content (AvgIpc) is 2.53. The molecule has 0 radical (unpaired) electrons. The molecule has 1 saturated heterocycles. The fraction of sp³-hybridized carbons (Fsp3) is 0.545. The third-order valence-electron chi connectivity index (χ3n) is 2.57. The number of hydrogen-bond acceptors (Lipinski definition) is 3. The zero-order valence-corrected chi connectivity index (χ0v) is 8.95. The van der Waals surface area contributed by atoms with Crippen LogP contribution in [0.5, 0.6) is 0 Å². The Balaban J connectivity index is 2.06. The minimum atomic E-state index is 0.00630. The number of nitrogens with one attached hydrogen (secondary N) is 1. The van der Waals surface area contributed by atoms with Gasteiger partial charge in [0.05, 0.1) is 6.26 Å². The highest BCUT2D eigenvalue weighted by atomic mass is 16.3. The van der Waals surface area contributed by atoms with Crippen LogP contribution in [0.15, 0.2) is 16.7 Å². The van der Waals surface area contributed by atoms with Crippen molar-refractivity contribution >= 4 is 5.91 Å². The van der Waals surface area contributed by atoms with Gasteiger partial charge in [0.1, 0.15) is 0 Å². The summed E-state index contributed by atoms with van der Waals surface area (Å²) in [5.41, 5.74) is 0.992. The zero-order chi connectivity index (χ0) is 10.7. The van der Waals surface area contributed by atoms with Crippen molar-refractivity contribution in [2.24, 2.45) is 0 Å². The van der Waals surface area contributed by atoms with Crippen LogP contribution in [0.3, 0.4) is 0 Å². The van der Waals surface area contributed by atoms with Crippen molar-refractivity contribution < 1.29 is 9.21 Å². The smallest absolute Gasteiger partial charge is 0.289 e. The predicted octanol–water partition coefficient (Wildman–Crippen LogP) is 1.02. The maximum absolute atomic E-state index is 12.0. The molecule has 1 aliphatic rings. The highest BCUT2D eigenvalue weighted by Gasteiger charge is 2.19. The Labute approximate surface area is 89.2 Å². The molecule has 4 nitrogen and oxygen atoms in total. The van der Waals surface area contributed by atoms with Gasteiger partial charge >= 0.3 is 0 Å². The van der Waals surface area contributed by atoms with Crippen LogP contribution in [-0.2, 0) is 0 Å². The second kappa shape index (κ2) is 4.49. The molecule has 1 amide bonds. The number of rotatable bonds is 1. The summed E-state index contributed by atoms with van der Waals surface area (Å²) < 4.78 is 5.21. The molecule has 2 rings (SSSR count). The number of hydrogen-bond donors (Lipinski definition) is 1. The van der Waals surface area contributed by atoms with E-state index in [1.54, 1.807) is 12.3 Å². The molecule has 0 unspecified atom stereocenters. The van der Waals surface area contributed by atoms with Gasteiger partial charge in [-0.1, -0.05) is 0 Å². The van der Waals surface area contributed by atoms with Crippen LogP contribution in [0.2, 0.25) is 0 Å². The molecule has 0 spiro atoms. The molecule has 1 aromatic rings. The lowest BCUT2D eigenvalue weighted by molar-refractivity contribution is 0.0734. The van der Waals surface area contributed by atoms with E-state index in [1.807, 2.05) is 11.8 Å². The Morgan fingerprint density at radius 2 is 2.33 bits per heavy atom. The standard InChI is InChI=1S/C11H16N2O2/c1-9-7-10(15-8-9)11(14)13-5-2-3-12-4-6-13/h7-8,12H,2-6H2,1H3. The summed E-state index contributed by atoms with van der Waals surface area (Å²) in [5.74, 6) is 0.459. The quantitative estimate of drug-likeness (QED) is 0.749. The molecular formula is C11H16N2O2. The molecule has 1 aromatic heterocycles. The van der Waals surface area contributed by atoms with E-state index in [-0.39, 0.29) is 5.91 Å². The van der Waals surface area contributed by atoms with Crippen LogP contribution in [0, 0.1) is 6.92 Å². The van der Waals surface area contributed by atoms with Gasteiger partial charge in [-0.15, -0.1) is 0 Å². The Morgan fingerprint density at radius 1 is 1.47 bits per heavy atom. The minimum Gasteiger partial charge on any atom is -0.459 e. The van der Waals surface area contributed by atoms with Gasteiger partial charge in [0.2, 0.25) is 0 Å². The van der Waals surface area contributed by atoms with E-state index in [0.29, 0.717) is 5.76 Å². The molecule has 1 fully saturated rings. The molecule has 0 aliphatic carbocycles. The van der Waals surface area contributed by atoms with Gasteiger partial charge in [-0.05, 0) is 31.5 Å². The molecule has 0 atom stereocenters. The predicted molar refractivity (Wildman–Crippen MR) is 56.8 cm³/mol. The first-order chi connectivity index (χ1) is 7.27. The summed E-state index contributed by atoms with van der Waals surface area (Å²) in [4.78, 5) is 13.8. The number of carbonyl (C=O) groups is 1. The number of furan rings is 1. The van der Waals surface area contributed by atoms with Gasteiger partial charge < -0.3 is 14.6 Å². The van der Waals surface area contributed by atoms with Crippen LogP contribution in [0.25, 0.3) is 0 Å². The van der Waals surface area contributed by atoms with Crippen molar-refractivity contribution in [3.63, 3.8) is 0 Å². The molecule has 82 valence electrons. The van der Waals surface area contributed by atoms with E-state index < -0.39 is 0 Å². The van der Waals surface area contributed by atoms with Gasteiger partial charge in [-0.3, -0.25) is 4.79 Å². The third kappa shape index (κ3) is 2.39. The first kappa shape index (κ1) is 10.2. The van der Waals surface area contributed by atoms with Gasteiger partial charge in [0, 0.05) is 19.6 Å². The third-order valence-corrected chi connectivity index (χ3v) is 2.57. The second-order valence-corrected chi connectivity index (χ2v) is 3.88. The van der Waals surface area contributed by atoms with Gasteiger partial charge in [0.15, 0.2) is 5.76 Å². The van der Waals surface area contributed by atoms with E-state index in [9.17, 15) is 4.79 Å². The van der Waals surface area contributed by atoms with E-state index >= 15 is 0 Å². The maximum Gasteiger partial charge on any atom is 0.289 e. The minimum absolute atomic E-state index is 0.00630. The SMILES string of the molecule is Cc1coc(C(=O)N2CCCNCC2)c1. The number of aryl methyl sites for hydroxylation is 1. The van der Waals surface area contributed by atoms with Crippen LogP contribution in [0.4, 0.5) is 0 Å². The highest BCUT2D eigenvalue weighted by molar-refractivity contribution is 5.91. The van der Waals surface area contributed by atoms with E-state index in [1.165, 1.54) is 0 Å². The lowest BCUT2D eigenvalue weighted by atomic mass is 10.3. The fourth-order valence-corrected chi connectivity index (χ4v) is 1.75. The largest absolute Gasteiger partial charge is 0.459 e. The summed E-state index contributed by atoms with van der Waals surface area (Å²) >= 11 is 0. The Bertz CT molecular complexity index is 338. The summed E-state index contributed by atoms with van der Waals surface area (Å²) in [6.07, 6.45) is 2.62. The van der Waals surface area contributed by atoms with Crippen molar-refractivity contribution in [1.29, 1.82) is 0 Å². The van der Waals surface area contributed by atoms with Gasteiger partial charge in [-0.2, -0.15) is 0 Å². The molecule has 2 heterocycles. The first-order valence-electron chi connectivity index (χ1n) is 5.32. The van der Waals surface area contributed by atoms with Gasteiger partial charge in [0.25, 0.3) is 5.91 Å².